The van der Waals surface area contributed by atoms with Gasteiger partial charge in [-0.2, -0.15) is 5.10 Å². The summed E-state index contributed by atoms with van der Waals surface area (Å²) in [5.74, 6) is -0.244. The van der Waals surface area contributed by atoms with Crippen LogP contribution in [0.3, 0.4) is 0 Å². The number of hydrogen-bond acceptors (Lipinski definition) is 3. The van der Waals surface area contributed by atoms with Crippen LogP contribution in [0.15, 0.2) is 42.7 Å². The minimum absolute atomic E-state index is 0.143. The molecule has 1 amide bonds. The fourth-order valence-electron chi connectivity index (χ4n) is 1.70. The Labute approximate surface area is 105 Å². The van der Waals surface area contributed by atoms with E-state index in [0.717, 1.165) is 5.56 Å². The molecule has 94 valence electrons. The van der Waals surface area contributed by atoms with Gasteiger partial charge in [-0.3, -0.25) is 9.48 Å². The molecule has 2 N–H and O–H groups in total. The molecular weight excluding hydrogens is 230 g/mol. The number of aromatic nitrogens is 2. The van der Waals surface area contributed by atoms with E-state index >= 15 is 0 Å². The number of aryl methyl sites for hydroxylation is 1. The number of hydrogen-bond donors (Lipinski definition) is 2. The number of nitrogens with zero attached hydrogens (tertiary/aromatic N) is 2. The van der Waals surface area contributed by atoms with E-state index in [4.69, 9.17) is 0 Å². The van der Waals surface area contributed by atoms with Gasteiger partial charge in [-0.15, -0.1) is 0 Å². The van der Waals surface area contributed by atoms with Gasteiger partial charge >= 0.3 is 0 Å². The standard InChI is InChI=1S/C13H15N3O2/c1-16-8-11(7-14-16)13(18)15-12(9-17)10-5-3-2-4-6-10/h2-8,12,17H,9H2,1H3,(H,15,18)/t12-/m1/s1. The lowest BCUT2D eigenvalue weighted by molar-refractivity contribution is 0.0916. The van der Waals surface area contributed by atoms with Crippen LogP contribution < -0.4 is 5.32 Å². The van der Waals surface area contributed by atoms with Crippen molar-refractivity contribution in [1.82, 2.24) is 15.1 Å². The molecular formula is C13H15N3O2. The molecule has 1 atom stereocenters. The minimum Gasteiger partial charge on any atom is -0.394 e. The highest BCUT2D eigenvalue weighted by Crippen LogP contribution is 2.12. The van der Waals surface area contributed by atoms with Gasteiger partial charge in [-0.05, 0) is 5.56 Å². The molecule has 0 saturated carbocycles. The minimum atomic E-state index is -0.404. The molecule has 0 bridgehead atoms. The Morgan fingerprint density at radius 1 is 1.44 bits per heavy atom. The van der Waals surface area contributed by atoms with Gasteiger partial charge in [-0.1, -0.05) is 30.3 Å². The van der Waals surface area contributed by atoms with Crippen LogP contribution in [0.2, 0.25) is 0 Å². The summed E-state index contributed by atoms with van der Waals surface area (Å²) in [5, 5.41) is 16.1. The molecule has 0 unspecified atom stereocenters. The zero-order chi connectivity index (χ0) is 13.0. The molecule has 5 nitrogen and oxygen atoms in total. The van der Waals surface area contributed by atoms with Gasteiger partial charge < -0.3 is 10.4 Å². The Bertz CT molecular complexity index is 522. The van der Waals surface area contributed by atoms with Crippen molar-refractivity contribution in [2.75, 3.05) is 6.61 Å². The summed E-state index contributed by atoms with van der Waals surface area (Å²) >= 11 is 0. The largest absolute Gasteiger partial charge is 0.394 e. The van der Waals surface area contributed by atoms with E-state index in [-0.39, 0.29) is 12.5 Å². The van der Waals surface area contributed by atoms with E-state index in [9.17, 15) is 9.90 Å². The molecule has 5 heteroatoms. The van der Waals surface area contributed by atoms with Crippen molar-refractivity contribution in [3.8, 4) is 0 Å². The first-order valence-corrected chi connectivity index (χ1v) is 5.66. The maximum absolute atomic E-state index is 11.9. The van der Waals surface area contributed by atoms with Crippen LogP contribution in [0.25, 0.3) is 0 Å². The summed E-state index contributed by atoms with van der Waals surface area (Å²) < 4.78 is 1.56. The maximum Gasteiger partial charge on any atom is 0.255 e. The molecule has 1 aromatic heterocycles. The van der Waals surface area contributed by atoms with E-state index in [1.54, 1.807) is 17.9 Å². The Hall–Kier alpha value is -2.14. The molecule has 0 spiro atoms. The topological polar surface area (TPSA) is 67.2 Å². The van der Waals surface area contributed by atoms with Crippen LogP contribution in [0.1, 0.15) is 22.0 Å². The van der Waals surface area contributed by atoms with E-state index < -0.39 is 6.04 Å². The molecule has 1 heterocycles. The van der Waals surface area contributed by atoms with E-state index in [1.165, 1.54) is 6.20 Å². The number of aliphatic hydroxyl groups excluding tert-OH is 1. The van der Waals surface area contributed by atoms with Gasteiger partial charge in [0.25, 0.3) is 5.91 Å². The molecule has 0 radical (unpaired) electrons. The number of benzene rings is 1. The lowest BCUT2D eigenvalue weighted by atomic mass is 10.1. The summed E-state index contributed by atoms with van der Waals surface area (Å²) in [5.41, 5.74) is 1.35. The fourth-order valence-corrected chi connectivity index (χ4v) is 1.70. The zero-order valence-corrected chi connectivity index (χ0v) is 10.1. The Morgan fingerprint density at radius 2 is 2.17 bits per heavy atom. The third-order valence-electron chi connectivity index (χ3n) is 2.66. The molecule has 0 aliphatic heterocycles. The Morgan fingerprint density at radius 3 is 2.72 bits per heavy atom. The quantitative estimate of drug-likeness (QED) is 0.840. The number of amides is 1. The fraction of sp³-hybridized carbons (Fsp3) is 0.231. The van der Waals surface area contributed by atoms with Gasteiger partial charge in [0.15, 0.2) is 0 Å². The molecule has 2 rings (SSSR count). The van der Waals surface area contributed by atoms with Gasteiger partial charge in [0.1, 0.15) is 0 Å². The predicted octanol–water partition coefficient (Wildman–Crippen LogP) is 0.884. The van der Waals surface area contributed by atoms with Crippen molar-refractivity contribution in [3.63, 3.8) is 0 Å². The van der Waals surface area contributed by atoms with Gasteiger partial charge in [0.2, 0.25) is 0 Å². The van der Waals surface area contributed by atoms with Gasteiger partial charge in [0, 0.05) is 13.2 Å². The van der Waals surface area contributed by atoms with Crippen LogP contribution in [-0.4, -0.2) is 27.4 Å². The number of carbonyl (C=O) groups is 1. The second-order valence-electron chi connectivity index (χ2n) is 4.02. The molecule has 0 saturated heterocycles. The third-order valence-corrected chi connectivity index (χ3v) is 2.66. The molecule has 1 aromatic carbocycles. The van der Waals surface area contributed by atoms with Gasteiger partial charge in [0.05, 0.1) is 24.4 Å². The lowest BCUT2D eigenvalue weighted by Crippen LogP contribution is -2.30. The van der Waals surface area contributed by atoms with E-state index in [1.807, 2.05) is 30.3 Å². The van der Waals surface area contributed by atoms with Crippen molar-refractivity contribution < 1.29 is 9.90 Å². The number of carbonyl (C=O) groups excluding carboxylic acids is 1. The van der Waals surface area contributed by atoms with Crippen molar-refractivity contribution >= 4 is 5.91 Å². The number of nitrogens with one attached hydrogen (secondary N) is 1. The third kappa shape index (κ3) is 2.75. The monoisotopic (exact) mass is 245 g/mol. The first kappa shape index (κ1) is 12.3. The van der Waals surface area contributed by atoms with Crippen LogP contribution in [0, 0.1) is 0 Å². The van der Waals surface area contributed by atoms with Gasteiger partial charge in [-0.25, -0.2) is 0 Å². The first-order valence-electron chi connectivity index (χ1n) is 5.66. The van der Waals surface area contributed by atoms with Crippen LogP contribution in [-0.2, 0) is 7.05 Å². The van der Waals surface area contributed by atoms with E-state index in [0.29, 0.717) is 5.56 Å². The van der Waals surface area contributed by atoms with Crippen molar-refractivity contribution in [2.24, 2.45) is 7.05 Å². The molecule has 0 aliphatic carbocycles. The average Bonchev–Trinajstić information content (AvgIpc) is 2.83. The second-order valence-corrected chi connectivity index (χ2v) is 4.02. The highest BCUT2D eigenvalue weighted by Gasteiger charge is 2.15. The molecule has 18 heavy (non-hydrogen) atoms. The zero-order valence-electron chi connectivity index (χ0n) is 10.1. The van der Waals surface area contributed by atoms with Crippen molar-refractivity contribution in [1.29, 1.82) is 0 Å². The summed E-state index contributed by atoms with van der Waals surface area (Å²) in [7, 11) is 1.75. The van der Waals surface area contributed by atoms with Crippen molar-refractivity contribution in [3.05, 3.63) is 53.9 Å². The average molecular weight is 245 g/mol. The smallest absolute Gasteiger partial charge is 0.255 e. The lowest BCUT2D eigenvalue weighted by Gasteiger charge is -2.16. The summed E-state index contributed by atoms with van der Waals surface area (Å²) in [6, 6.07) is 8.96. The molecule has 0 fully saturated rings. The second kappa shape index (κ2) is 5.46. The summed E-state index contributed by atoms with van der Waals surface area (Å²) in [6.45, 7) is -0.143. The highest BCUT2D eigenvalue weighted by atomic mass is 16.3. The normalized spacial score (nSPS) is 12.1. The van der Waals surface area contributed by atoms with E-state index in [2.05, 4.69) is 10.4 Å². The number of aliphatic hydroxyl groups is 1. The highest BCUT2D eigenvalue weighted by molar-refractivity contribution is 5.93. The van der Waals surface area contributed by atoms with Crippen LogP contribution >= 0.6 is 0 Å². The molecule has 2 aromatic rings. The summed E-state index contributed by atoms with van der Waals surface area (Å²) in [4.78, 5) is 11.9. The maximum atomic E-state index is 11.9. The molecule has 0 aliphatic rings. The predicted molar refractivity (Wildman–Crippen MR) is 66.9 cm³/mol. The Kier molecular flexibility index (Phi) is 3.74. The number of rotatable bonds is 4. The summed E-state index contributed by atoms with van der Waals surface area (Å²) in [6.07, 6.45) is 3.13. The van der Waals surface area contributed by atoms with Crippen LogP contribution in [0.5, 0.6) is 0 Å². The Balaban J connectivity index is 2.10. The van der Waals surface area contributed by atoms with Crippen molar-refractivity contribution in [2.45, 2.75) is 6.04 Å². The van der Waals surface area contributed by atoms with Crippen LogP contribution in [0.4, 0.5) is 0 Å². The first-order chi connectivity index (χ1) is 8.70. The SMILES string of the molecule is Cn1cc(C(=O)N[C@H](CO)c2ccccc2)cn1.